The van der Waals surface area contributed by atoms with Crippen LogP contribution in [0.5, 0.6) is 0 Å². The molecule has 0 saturated heterocycles. The van der Waals surface area contributed by atoms with Gasteiger partial charge < -0.3 is 10.0 Å². The van der Waals surface area contributed by atoms with Crippen LogP contribution in [0.1, 0.15) is 89.7 Å². The number of carbonyl (C=O) groups excluding carboxylic acids is 1. The maximum absolute atomic E-state index is 12.8. The lowest BCUT2D eigenvalue weighted by Gasteiger charge is -2.33. The zero-order chi connectivity index (χ0) is 20.2. The molecule has 2 rings (SSSR count). The lowest BCUT2D eigenvalue weighted by molar-refractivity contribution is -0.135. The second kappa shape index (κ2) is 12.7. The number of hydrogen-bond acceptors (Lipinski definition) is 3. The van der Waals surface area contributed by atoms with E-state index in [4.69, 9.17) is 0 Å². The van der Waals surface area contributed by atoms with Crippen LogP contribution in [0.3, 0.4) is 0 Å². The third-order valence-electron chi connectivity index (χ3n) is 5.52. The van der Waals surface area contributed by atoms with Gasteiger partial charge in [-0.05, 0) is 30.4 Å². The number of nitrogens with zero attached hydrogens (tertiary/aromatic N) is 2. The first-order valence-corrected chi connectivity index (χ1v) is 11.1. The number of hydrogen-bond donors (Lipinski definition) is 1. The van der Waals surface area contributed by atoms with Crippen molar-refractivity contribution in [2.45, 2.75) is 90.2 Å². The molecule has 1 aromatic heterocycles. The fourth-order valence-electron chi connectivity index (χ4n) is 3.86. The third-order valence-corrected chi connectivity index (χ3v) is 5.52. The zero-order valence-corrected chi connectivity index (χ0v) is 17.7. The van der Waals surface area contributed by atoms with E-state index in [1.807, 2.05) is 23.2 Å². The molecule has 1 aromatic rings. The first-order valence-electron chi connectivity index (χ1n) is 11.1. The molecular formula is C24H38N2O2. The number of pyridine rings is 1. The highest BCUT2D eigenvalue weighted by atomic mass is 16.3. The van der Waals surface area contributed by atoms with Crippen LogP contribution in [0, 0.1) is 5.92 Å². The number of aliphatic hydroxyl groups excluding tert-OH is 1. The number of aliphatic hydroxyl groups is 1. The van der Waals surface area contributed by atoms with Gasteiger partial charge >= 0.3 is 0 Å². The van der Waals surface area contributed by atoms with Gasteiger partial charge in [-0.25, -0.2) is 0 Å². The summed E-state index contributed by atoms with van der Waals surface area (Å²) < 4.78 is 0. The predicted octanol–water partition coefficient (Wildman–Crippen LogP) is 5.44. The van der Waals surface area contributed by atoms with Gasteiger partial charge in [-0.2, -0.15) is 0 Å². The molecule has 1 aliphatic rings. The summed E-state index contributed by atoms with van der Waals surface area (Å²) in [4.78, 5) is 18.8. The van der Waals surface area contributed by atoms with E-state index in [1.165, 1.54) is 32.1 Å². The molecule has 4 heteroatoms. The van der Waals surface area contributed by atoms with Gasteiger partial charge in [-0.15, -0.1) is 0 Å². The van der Waals surface area contributed by atoms with E-state index in [2.05, 4.69) is 31.0 Å². The predicted molar refractivity (Wildman–Crippen MR) is 115 cm³/mol. The number of rotatable bonds is 12. The van der Waals surface area contributed by atoms with E-state index in [1.54, 1.807) is 6.20 Å². The molecule has 0 spiro atoms. The molecule has 0 radical (unpaired) electrons. The van der Waals surface area contributed by atoms with Crippen molar-refractivity contribution in [2.75, 3.05) is 6.54 Å². The Morgan fingerprint density at radius 2 is 1.89 bits per heavy atom. The Morgan fingerprint density at radius 3 is 2.57 bits per heavy atom. The monoisotopic (exact) mass is 386 g/mol. The molecule has 2 unspecified atom stereocenters. The topological polar surface area (TPSA) is 53.4 Å². The Labute approximate surface area is 171 Å². The van der Waals surface area contributed by atoms with Gasteiger partial charge in [-0.3, -0.25) is 9.78 Å². The van der Waals surface area contributed by atoms with Crippen LogP contribution >= 0.6 is 0 Å². The summed E-state index contributed by atoms with van der Waals surface area (Å²) >= 11 is 0. The second-order valence-electron chi connectivity index (χ2n) is 8.49. The Hall–Kier alpha value is -1.68. The first kappa shape index (κ1) is 22.6. The van der Waals surface area contributed by atoms with Crippen molar-refractivity contribution in [3.63, 3.8) is 0 Å². The molecule has 28 heavy (non-hydrogen) atoms. The molecule has 0 saturated carbocycles. The van der Waals surface area contributed by atoms with Crippen molar-refractivity contribution in [1.29, 1.82) is 0 Å². The van der Waals surface area contributed by atoms with E-state index in [0.29, 0.717) is 6.54 Å². The van der Waals surface area contributed by atoms with E-state index in [-0.39, 0.29) is 18.4 Å². The first-order chi connectivity index (χ1) is 13.6. The van der Waals surface area contributed by atoms with E-state index in [0.717, 1.165) is 37.2 Å². The molecular weight excluding hydrogens is 348 g/mol. The maximum Gasteiger partial charge on any atom is 0.225 e. The van der Waals surface area contributed by atoms with Gasteiger partial charge in [0.25, 0.3) is 0 Å². The SMILES string of the molecule is CC(C)CCCCCCCCC(O)CC(=O)N1CCC=CC1c1cccnc1. The summed E-state index contributed by atoms with van der Waals surface area (Å²) in [6, 6.07) is 3.84. The normalized spacial score (nSPS) is 17.9. The van der Waals surface area contributed by atoms with Crippen molar-refractivity contribution in [2.24, 2.45) is 5.92 Å². The van der Waals surface area contributed by atoms with Crippen LogP contribution in [0.15, 0.2) is 36.7 Å². The highest BCUT2D eigenvalue weighted by Crippen LogP contribution is 2.26. The van der Waals surface area contributed by atoms with Crippen molar-refractivity contribution in [1.82, 2.24) is 9.88 Å². The standard InChI is InChI=1S/C24H38N2O2/c1-20(2)12-7-5-3-4-6-8-14-22(27)18-24(28)26-17-10-9-15-23(26)21-13-11-16-25-19-21/h9,11,13,15-16,19-20,22-23,27H,3-8,10,12,14,17-18H2,1-2H3. The second-order valence-corrected chi connectivity index (χ2v) is 8.49. The molecule has 0 aliphatic carbocycles. The zero-order valence-electron chi connectivity index (χ0n) is 17.7. The Kier molecular flexibility index (Phi) is 10.3. The number of aromatic nitrogens is 1. The smallest absolute Gasteiger partial charge is 0.225 e. The van der Waals surface area contributed by atoms with Crippen molar-refractivity contribution >= 4 is 5.91 Å². The summed E-state index contributed by atoms with van der Waals surface area (Å²) in [6.07, 6.45) is 17.7. The minimum absolute atomic E-state index is 0.0411. The third kappa shape index (κ3) is 8.14. The molecule has 1 N–H and O–H groups in total. The molecule has 2 heterocycles. The molecule has 0 fully saturated rings. The van der Waals surface area contributed by atoms with Crippen molar-refractivity contribution in [3.05, 3.63) is 42.2 Å². The summed E-state index contributed by atoms with van der Waals surface area (Å²) in [6.45, 7) is 5.27. The molecule has 0 aromatic carbocycles. The summed E-state index contributed by atoms with van der Waals surface area (Å²) in [7, 11) is 0. The number of amides is 1. The highest BCUT2D eigenvalue weighted by molar-refractivity contribution is 5.77. The molecule has 0 bridgehead atoms. The van der Waals surface area contributed by atoms with Crippen molar-refractivity contribution in [3.8, 4) is 0 Å². The van der Waals surface area contributed by atoms with Crippen LogP contribution in [-0.2, 0) is 4.79 Å². The number of unbranched alkanes of at least 4 members (excludes halogenated alkanes) is 5. The Bertz CT molecular complexity index is 586. The van der Waals surface area contributed by atoms with Gasteiger partial charge in [-0.1, -0.05) is 77.0 Å². The Morgan fingerprint density at radius 1 is 1.18 bits per heavy atom. The minimum atomic E-state index is -0.533. The minimum Gasteiger partial charge on any atom is -0.393 e. The van der Waals surface area contributed by atoms with Crippen LogP contribution < -0.4 is 0 Å². The highest BCUT2D eigenvalue weighted by Gasteiger charge is 2.26. The maximum atomic E-state index is 12.8. The van der Waals surface area contributed by atoms with Crippen LogP contribution in [0.4, 0.5) is 0 Å². The quantitative estimate of drug-likeness (QED) is 0.384. The Balaban J connectivity index is 1.66. The average Bonchev–Trinajstić information content (AvgIpc) is 2.70. The largest absolute Gasteiger partial charge is 0.393 e. The van der Waals surface area contributed by atoms with Crippen molar-refractivity contribution < 1.29 is 9.90 Å². The molecule has 2 atom stereocenters. The number of carbonyl (C=O) groups is 1. The van der Waals surface area contributed by atoms with Gasteiger partial charge in [0, 0.05) is 18.9 Å². The van der Waals surface area contributed by atoms with Crippen LogP contribution in [0.2, 0.25) is 0 Å². The van der Waals surface area contributed by atoms with Crippen LogP contribution in [-0.4, -0.2) is 33.5 Å². The fourth-order valence-corrected chi connectivity index (χ4v) is 3.86. The molecule has 1 aliphatic heterocycles. The lowest BCUT2D eigenvalue weighted by Crippen LogP contribution is -2.38. The summed E-state index contributed by atoms with van der Waals surface area (Å²) in [5.74, 6) is 0.847. The molecule has 4 nitrogen and oxygen atoms in total. The lowest BCUT2D eigenvalue weighted by atomic mass is 10.00. The van der Waals surface area contributed by atoms with Gasteiger partial charge in [0.05, 0.1) is 18.6 Å². The fraction of sp³-hybridized carbons (Fsp3) is 0.667. The average molecular weight is 387 g/mol. The summed E-state index contributed by atoms with van der Waals surface area (Å²) in [5, 5.41) is 10.3. The summed E-state index contributed by atoms with van der Waals surface area (Å²) in [5.41, 5.74) is 1.03. The van der Waals surface area contributed by atoms with E-state index >= 15 is 0 Å². The van der Waals surface area contributed by atoms with Crippen LogP contribution in [0.25, 0.3) is 0 Å². The van der Waals surface area contributed by atoms with E-state index < -0.39 is 6.10 Å². The van der Waals surface area contributed by atoms with Gasteiger partial charge in [0.1, 0.15) is 0 Å². The van der Waals surface area contributed by atoms with Gasteiger partial charge in [0.2, 0.25) is 5.91 Å². The molecule has 1 amide bonds. The molecule has 156 valence electrons. The van der Waals surface area contributed by atoms with E-state index in [9.17, 15) is 9.90 Å². The van der Waals surface area contributed by atoms with Gasteiger partial charge in [0.15, 0.2) is 0 Å².